The largest absolute Gasteiger partial charge is 0.471 e. The molecule has 0 aromatic carbocycles. The van der Waals surface area contributed by atoms with Gasteiger partial charge < -0.3 is 15.5 Å². The number of phosphoric ester groups is 1. The van der Waals surface area contributed by atoms with Gasteiger partial charge in [-0.2, -0.15) is 0 Å². The summed E-state index contributed by atoms with van der Waals surface area (Å²) in [6.07, 6.45) is 5.03. The molecule has 0 rings (SSSR count). The van der Waals surface area contributed by atoms with Gasteiger partial charge in [-0.1, -0.05) is 32.6 Å². The van der Waals surface area contributed by atoms with Crippen LogP contribution < -0.4 is 5.73 Å². The molecule has 0 spiro atoms. The van der Waals surface area contributed by atoms with Gasteiger partial charge in [0.05, 0.1) is 0 Å². The summed E-state index contributed by atoms with van der Waals surface area (Å²) >= 11 is 0. The Balaban J connectivity index is 3.36. The van der Waals surface area contributed by atoms with Gasteiger partial charge in [0.25, 0.3) is 0 Å². The summed E-state index contributed by atoms with van der Waals surface area (Å²) in [6, 6.07) is 0. The lowest BCUT2D eigenvalue weighted by Crippen LogP contribution is -2.22. The molecule has 0 radical (unpaired) electrons. The fraction of sp³-hybridized carbons (Fsp3) is 1.00. The van der Waals surface area contributed by atoms with E-state index in [-0.39, 0.29) is 0 Å². The molecule has 0 saturated carbocycles. The van der Waals surface area contributed by atoms with Gasteiger partial charge in [-0.25, -0.2) is 4.57 Å². The first kappa shape index (κ1) is 14.1. The molecule has 5 nitrogen and oxygen atoms in total. The zero-order chi connectivity index (χ0) is 11.0. The summed E-state index contributed by atoms with van der Waals surface area (Å²) in [4.78, 5) is 16.9. The minimum Gasteiger partial charge on any atom is -0.306 e. The smallest absolute Gasteiger partial charge is 0.306 e. The van der Waals surface area contributed by atoms with Crippen LogP contribution in [0, 0.1) is 0 Å². The third kappa shape index (κ3) is 10.2. The molecular formula is C8H20NO4P. The third-order valence-corrected chi connectivity index (χ3v) is 2.41. The highest BCUT2D eigenvalue weighted by Gasteiger charge is 2.18. The number of nitrogens with two attached hydrogens (primary N) is 1. The van der Waals surface area contributed by atoms with Crippen molar-refractivity contribution in [2.45, 2.75) is 51.7 Å². The van der Waals surface area contributed by atoms with E-state index in [4.69, 9.17) is 15.5 Å². The first-order valence-corrected chi connectivity index (χ1v) is 6.48. The Morgan fingerprint density at radius 3 is 2.36 bits per heavy atom. The molecule has 0 amide bonds. The zero-order valence-corrected chi connectivity index (χ0v) is 9.45. The fourth-order valence-corrected chi connectivity index (χ4v) is 1.64. The van der Waals surface area contributed by atoms with Gasteiger partial charge in [0.15, 0.2) is 0 Å². The van der Waals surface area contributed by atoms with Crippen molar-refractivity contribution in [1.29, 1.82) is 0 Å². The Kier molecular flexibility index (Phi) is 7.41. The standard InChI is InChI=1S/C8H20NO4P/c1-2-3-4-5-6-7-8(9)13-14(10,11)12/h8H,2-7,9H2,1H3,(H2,10,11,12). The number of rotatable bonds is 8. The van der Waals surface area contributed by atoms with E-state index in [1.54, 1.807) is 0 Å². The maximum absolute atomic E-state index is 10.4. The Morgan fingerprint density at radius 2 is 1.86 bits per heavy atom. The van der Waals surface area contributed by atoms with Crippen LogP contribution >= 0.6 is 7.82 Å². The van der Waals surface area contributed by atoms with Gasteiger partial charge in [0.2, 0.25) is 0 Å². The second kappa shape index (κ2) is 7.37. The van der Waals surface area contributed by atoms with Crippen LogP contribution in [0.4, 0.5) is 0 Å². The molecule has 86 valence electrons. The van der Waals surface area contributed by atoms with Crippen LogP contribution in [0.5, 0.6) is 0 Å². The van der Waals surface area contributed by atoms with Gasteiger partial charge in [0.1, 0.15) is 6.23 Å². The van der Waals surface area contributed by atoms with E-state index >= 15 is 0 Å². The highest BCUT2D eigenvalue weighted by atomic mass is 31.2. The lowest BCUT2D eigenvalue weighted by atomic mass is 10.1. The van der Waals surface area contributed by atoms with Gasteiger partial charge in [-0.3, -0.25) is 4.52 Å². The molecule has 1 unspecified atom stereocenters. The van der Waals surface area contributed by atoms with Gasteiger partial charge in [-0.05, 0) is 12.8 Å². The molecule has 0 saturated heterocycles. The monoisotopic (exact) mass is 225 g/mol. The molecule has 0 fully saturated rings. The molecule has 0 aliphatic heterocycles. The van der Waals surface area contributed by atoms with Crippen LogP contribution in [0.15, 0.2) is 0 Å². The minimum atomic E-state index is -4.41. The molecular weight excluding hydrogens is 205 g/mol. The van der Waals surface area contributed by atoms with Crippen LogP contribution in [0.25, 0.3) is 0 Å². The molecule has 0 aliphatic carbocycles. The van der Waals surface area contributed by atoms with Crippen molar-refractivity contribution in [3.05, 3.63) is 0 Å². The van der Waals surface area contributed by atoms with Crippen molar-refractivity contribution in [3.63, 3.8) is 0 Å². The maximum atomic E-state index is 10.4. The summed E-state index contributed by atoms with van der Waals surface area (Å²) in [5, 5.41) is 0. The summed E-state index contributed by atoms with van der Waals surface area (Å²) in [5.41, 5.74) is 5.36. The predicted molar refractivity (Wildman–Crippen MR) is 54.5 cm³/mol. The SMILES string of the molecule is CCCCCCCC(N)OP(=O)(O)O. The van der Waals surface area contributed by atoms with E-state index in [2.05, 4.69) is 11.4 Å². The Labute approximate surface area is 84.9 Å². The van der Waals surface area contributed by atoms with Gasteiger partial charge in [0, 0.05) is 0 Å². The third-order valence-electron chi connectivity index (χ3n) is 1.86. The molecule has 14 heavy (non-hydrogen) atoms. The summed E-state index contributed by atoms with van der Waals surface area (Å²) in [6.45, 7) is 2.13. The molecule has 6 heteroatoms. The normalized spacial score (nSPS) is 14.3. The van der Waals surface area contributed by atoms with E-state index in [1.165, 1.54) is 12.8 Å². The zero-order valence-electron chi connectivity index (χ0n) is 8.56. The lowest BCUT2D eigenvalue weighted by Gasteiger charge is -2.12. The van der Waals surface area contributed by atoms with E-state index < -0.39 is 14.1 Å². The number of hydrogen-bond acceptors (Lipinski definition) is 3. The number of hydrogen-bond donors (Lipinski definition) is 3. The first-order chi connectivity index (χ1) is 6.45. The van der Waals surface area contributed by atoms with Crippen LogP contribution in [0.1, 0.15) is 45.4 Å². The number of phosphoric acid groups is 1. The average molecular weight is 225 g/mol. The molecule has 0 bridgehead atoms. The topological polar surface area (TPSA) is 92.8 Å². The second-order valence-electron chi connectivity index (χ2n) is 3.34. The molecule has 1 atom stereocenters. The average Bonchev–Trinajstić information content (AvgIpc) is 2.00. The van der Waals surface area contributed by atoms with Crippen LogP contribution in [0.3, 0.4) is 0 Å². The molecule has 0 heterocycles. The van der Waals surface area contributed by atoms with Crippen molar-refractivity contribution in [1.82, 2.24) is 0 Å². The predicted octanol–water partition coefficient (Wildman–Crippen LogP) is 1.74. The van der Waals surface area contributed by atoms with E-state index in [0.717, 1.165) is 19.3 Å². The van der Waals surface area contributed by atoms with Crippen molar-refractivity contribution < 1.29 is 18.9 Å². The van der Waals surface area contributed by atoms with Crippen molar-refractivity contribution in [3.8, 4) is 0 Å². The Morgan fingerprint density at radius 1 is 1.29 bits per heavy atom. The van der Waals surface area contributed by atoms with E-state index in [0.29, 0.717) is 6.42 Å². The van der Waals surface area contributed by atoms with E-state index in [9.17, 15) is 4.57 Å². The van der Waals surface area contributed by atoms with Crippen molar-refractivity contribution >= 4 is 7.82 Å². The fourth-order valence-electron chi connectivity index (χ4n) is 1.18. The van der Waals surface area contributed by atoms with Crippen LogP contribution in [-0.2, 0) is 9.09 Å². The summed E-state index contributed by atoms with van der Waals surface area (Å²) < 4.78 is 14.7. The first-order valence-electron chi connectivity index (χ1n) is 4.95. The minimum absolute atomic E-state index is 0.495. The quantitative estimate of drug-likeness (QED) is 0.332. The maximum Gasteiger partial charge on any atom is 0.471 e. The second-order valence-corrected chi connectivity index (χ2v) is 4.53. The van der Waals surface area contributed by atoms with E-state index in [1.807, 2.05) is 0 Å². The highest BCUT2D eigenvalue weighted by molar-refractivity contribution is 7.46. The van der Waals surface area contributed by atoms with Gasteiger partial charge >= 0.3 is 7.82 Å². The molecule has 0 aliphatic rings. The molecule has 4 N–H and O–H groups in total. The van der Waals surface area contributed by atoms with Crippen molar-refractivity contribution in [2.75, 3.05) is 0 Å². The summed E-state index contributed by atoms with van der Waals surface area (Å²) in [7, 11) is -4.41. The molecule has 0 aromatic heterocycles. The lowest BCUT2D eigenvalue weighted by molar-refractivity contribution is 0.129. The van der Waals surface area contributed by atoms with Crippen LogP contribution in [-0.4, -0.2) is 16.0 Å². The molecule has 0 aromatic rings. The Bertz CT molecular complexity index is 182. The van der Waals surface area contributed by atoms with Gasteiger partial charge in [-0.15, -0.1) is 0 Å². The van der Waals surface area contributed by atoms with Crippen LogP contribution in [0.2, 0.25) is 0 Å². The Hall–Kier alpha value is 0.0700. The number of unbranched alkanes of at least 4 members (excludes halogenated alkanes) is 4. The summed E-state index contributed by atoms with van der Waals surface area (Å²) in [5.74, 6) is 0. The highest BCUT2D eigenvalue weighted by Crippen LogP contribution is 2.37. The van der Waals surface area contributed by atoms with Crippen molar-refractivity contribution in [2.24, 2.45) is 5.73 Å².